The number of fused-ring (bicyclic) bond motifs is 2. The van der Waals surface area contributed by atoms with Crippen molar-refractivity contribution in [3.8, 4) is 0 Å². The summed E-state index contributed by atoms with van der Waals surface area (Å²) in [7, 11) is 6.49. The summed E-state index contributed by atoms with van der Waals surface area (Å²) >= 11 is 0. The molecule has 3 atom stereocenters. The predicted molar refractivity (Wildman–Crippen MR) is 89.9 cm³/mol. The lowest BCUT2D eigenvalue weighted by Gasteiger charge is -2.39. The lowest BCUT2D eigenvalue weighted by molar-refractivity contribution is 0.132. The Hall–Kier alpha value is -1.06. The van der Waals surface area contributed by atoms with E-state index in [9.17, 15) is 0 Å². The number of rotatable bonds is 4. The van der Waals surface area contributed by atoms with Gasteiger partial charge in [0.2, 0.25) is 0 Å². The first kappa shape index (κ1) is 14.9. The van der Waals surface area contributed by atoms with E-state index in [0.29, 0.717) is 6.04 Å². The van der Waals surface area contributed by atoms with Crippen LogP contribution in [0.5, 0.6) is 0 Å². The Morgan fingerprint density at radius 1 is 1.00 bits per heavy atom. The predicted octanol–water partition coefficient (Wildman–Crippen LogP) is 3.03. The fraction of sp³-hybridized carbons (Fsp3) is 0.667. The molecule has 0 spiro atoms. The number of hydrogen-bond acceptors (Lipinski definition) is 3. The minimum absolute atomic E-state index is 0.490. The number of hydrogen-bond donors (Lipinski definition) is 1. The van der Waals surface area contributed by atoms with Crippen molar-refractivity contribution in [1.29, 1.82) is 0 Å². The van der Waals surface area contributed by atoms with Crippen molar-refractivity contribution >= 4 is 5.69 Å². The van der Waals surface area contributed by atoms with Gasteiger partial charge in [-0.3, -0.25) is 4.90 Å². The minimum Gasteiger partial charge on any atom is -0.378 e. The summed E-state index contributed by atoms with van der Waals surface area (Å²) in [5, 5.41) is 3.74. The fourth-order valence-electron chi connectivity index (χ4n) is 3.96. The second kappa shape index (κ2) is 5.98. The van der Waals surface area contributed by atoms with Gasteiger partial charge < -0.3 is 10.2 Å². The van der Waals surface area contributed by atoms with Gasteiger partial charge in [0.15, 0.2) is 0 Å². The molecule has 0 aromatic heterocycles. The van der Waals surface area contributed by atoms with E-state index in [1.54, 1.807) is 0 Å². The molecular formula is C18H29N3. The molecule has 2 fully saturated rings. The molecule has 0 saturated carbocycles. The first-order chi connectivity index (χ1) is 10.0. The van der Waals surface area contributed by atoms with Gasteiger partial charge in [-0.15, -0.1) is 0 Å². The third-order valence-corrected chi connectivity index (χ3v) is 5.53. The molecule has 2 aliphatic rings. The highest BCUT2D eigenvalue weighted by Crippen LogP contribution is 2.33. The van der Waals surface area contributed by atoms with E-state index in [1.165, 1.54) is 36.9 Å². The number of anilines is 1. The van der Waals surface area contributed by atoms with Crippen molar-refractivity contribution in [3.05, 3.63) is 29.8 Å². The normalized spacial score (nSPS) is 29.7. The van der Waals surface area contributed by atoms with Crippen LogP contribution in [0, 0.1) is 0 Å². The molecule has 3 unspecified atom stereocenters. The zero-order chi connectivity index (χ0) is 15.0. The maximum atomic E-state index is 3.74. The van der Waals surface area contributed by atoms with Gasteiger partial charge >= 0.3 is 0 Å². The van der Waals surface area contributed by atoms with E-state index in [0.717, 1.165) is 18.1 Å². The summed E-state index contributed by atoms with van der Waals surface area (Å²) < 4.78 is 0. The van der Waals surface area contributed by atoms with Crippen molar-refractivity contribution in [1.82, 2.24) is 10.2 Å². The van der Waals surface area contributed by atoms with Gasteiger partial charge in [0, 0.05) is 44.0 Å². The molecule has 0 amide bonds. The standard InChI is InChI=1S/C18H29N3/c1-13(14-5-9-17(10-6-14)20(2)3)21(4)18-11-15-7-8-16(12-18)19-15/h5-6,9-10,13,15-16,18-19H,7-8,11-12H2,1-4H3. The van der Waals surface area contributed by atoms with Crippen LogP contribution in [0.2, 0.25) is 0 Å². The molecule has 3 nitrogen and oxygen atoms in total. The third kappa shape index (κ3) is 3.09. The summed E-state index contributed by atoms with van der Waals surface area (Å²) in [5.74, 6) is 0. The van der Waals surface area contributed by atoms with Crippen molar-refractivity contribution in [2.24, 2.45) is 0 Å². The van der Waals surface area contributed by atoms with E-state index < -0.39 is 0 Å². The van der Waals surface area contributed by atoms with Crippen molar-refractivity contribution in [2.75, 3.05) is 26.0 Å². The fourth-order valence-corrected chi connectivity index (χ4v) is 3.96. The quantitative estimate of drug-likeness (QED) is 0.918. The van der Waals surface area contributed by atoms with E-state index in [2.05, 4.69) is 67.4 Å². The van der Waals surface area contributed by atoms with Crippen LogP contribution in [-0.2, 0) is 0 Å². The number of piperidine rings is 1. The summed E-state index contributed by atoms with van der Waals surface area (Å²) in [5.41, 5.74) is 2.70. The maximum absolute atomic E-state index is 3.74. The monoisotopic (exact) mass is 287 g/mol. The topological polar surface area (TPSA) is 18.5 Å². The molecule has 2 bridgehead atoms. The lowest BCUT2D eigenvalue weighted by Crippen LogP contribution is -2.47. The minimum atomic E-state index is 0.490. The summed E-state index contributed by atoms with van der Waals surface area (Å²) in [6.45, 7) is 2.34. The van der Waals surface area contributed by atoms with Gasteiger partial charge in [-0.05, 0) is 57.4 Å². The molecule has 2 aliphatic heterocycles. The second-order valence-corrected chi connectivity index (χ2v) is 7.09. The molecule has 2 saturated heterocycles. The van der Waals surface area contributed by atoms with Crippen LogP contribution >= 0.6 is 0 Å². The summed E-state index contributed by atoms with van der Waals surface area (Å²) in [4.78, 5) is 4.75. The van der Waals surface area contributed by atoms with Gasteiger partial charge in [-0.1, -0.05) is 12.1 Å². The van der Waals surface area contributed by atoms with Crippen molar-refractivity contribution in [3.63, 3.8) is 0 Å². The average Bonchev–Trinajstić information content (AvgIpc) is 2.84. The Labute approximate surface area is 129 Å². The van der Waals surface area contributed by atoms with E-state index in [1.807, 2.05) is 0 Å². The zero-order valence-electron chi connectivity index (χ0n) is 13.8. The Kier molecular flexibility index (Phi) is 4.23. The highest BCUT2D eigenvalue weighted by atomic mass is 15.2. The number of benzene rings is 1. The Morgan fingerprint density at radius 3 is 2.10 bits per heavy atom. The van der Waals surface area contributed by atoms with Gasteiger partial charge in [0.1, 0.15) is 0 Å². The summed E-state index contributed by atoms with van der Waals surface area (Å²) in [6, 6.07) is 11.8. The number of nitrogens with one attached hydrogen (secondary N) is 1. The van der Waals surface area contributed by atoms with Gasteiger partial charge in [0.05, 0.1) is 0 Å². The summed E-state index contributed by atoms with van der Waals surface area (Å²) in [6.07, 6.45) is 5.38. The highest BCUT2D eigenvalue weighted by molar-refractivity contribution is 5.46. The van der Waals surface area contributed by atoms with Crippen molar-refractivity contribution < 1.29 is 0 Å². The van der Waals surface area contributed by atoms with Gasteiger partial charge in [-0.25, -0.2) is 0 Å². The molecular weight excluding hydrogens is 258 g/mol. The Balaban J connectivity index is 1.67. The first-order valence-electron chi connectivity index (χ1n) is 8.30. The Bertz CT molecular complexity index is 456. The van der Waals surface area contributed by atoms with E-state index in [4.69, 9.17) is 0 Å². The molecule has 2 heterocycles. The van der Waals surface area contributed by atoms with Crippen LogP contribution in [0.4, 0.5) is 5.69 Å². The largest absolute Gasteiger partial charge is 0.378 e. The van der Waals surface area contributed by atoms with Crippen LogP contribution in [0.3, 0.4) is 0 Å². The van der Waals surface area contributed by atoms with Crippen LogP contribution in [0.15, 0.2) is 24.3 Å². The highest BCUT2D eigenvalue weighted by Gasteiger charge is 2.36. The molecule has 0 radical (unpaired) electrons. The molecule has 1 aromatic carbocycles. The molecule has 21 heavy (non-hydrogen) atoms. The van der Waals surface area contributed by atoms with Crippen LogP contribution in [0.1, 0.15) is 44.2 Å². The SMILES string of the molecule is CC(c1ccc(N(C)C)cc1)N(C)C1CC2CCC(C1)N2. The molecule has 3 heteroatoms. The van der Waals surface area contributed by atoms with Gasteiger partial charge in [-0.2, -0.15) is 0 Å². The van der Waals surface area contributed by atoms with E-state index >= 15 is 0 Å². The first-order valence-corrected chi connectivity index (χ1v) is 8.30. The van der Waals surface area contributed by atoms with Crippen LogP contribution in [-0.4, -0.2) is 44.2 Å². The van der Waals surface area contributed by atoms with Crippen molar-refractivity contribution in [2.45, 2.75) is 56.8 Å². The second-order valence-electron chi connectivity index (χ2n) is 7.09. The zero-order valence-corrected chi connectivity index (χ0v) is 13.8. The average molecular weight is 287 g/mol. The van der Waals surface area contributed by atoms with Crippen LogP contribution < -0.4 is 10.2 Å². The molecule has 3 rings (SSSR count). The van der Waals surface area contributed by atoms with Crippen LogP contribution in [0.25, 0.3) is 0 Å². The molecule has 116 valence electrons. The molecule has 0 aliphatic carbocycles. The smallest absolute Gasteiger partial charge is 0.0361 e. The van der Waals surface area contributed by atoms with Gasteiger partial charge in [0.25, 0.3) is 0 Å². The third-order valence-electron chi connectivity index (χ3n) is 5.53. The van der Waals surface area contributed by atoms with E-state index in [-0.39, 0.29) is 0 Å². The lowest BCUT2D eigenvalue weighted by atomic mass is 9.96. The maximum Gasteiger partial charge on any atom is 0.0361 e. The molecule has 1 N–H and O–H groups in total. The number of nitrogens with zero attached hydrogens (tertiary/aromatic N) is 2. The Morgan fingerprint density at radius 2 is 1.57 bits per heavy atom. The molecule has 1 aromatic rings.